The molecule has 0 spiro atoms. The summed E-state index contributed by atoms with van der Waals surface area (Å²) >= 11 is 1.25. The van der Waals surface area contributed by atoms with Crippen LogP contribution in [0.2, 0.25) is 0 Å². The Morgan fingerprint density at radius 1 is 0.968 bits per heavy atom. The predicted molar refractivity (Wildman–Crippen MR) is 121 cm³/mol. The molecule has 0 aliphatic heterocycles. The fourth-order valence-electron chi connectivity index (χ4n) is 2.92. The predicted octanol–water partition coefficient (Wildman–Crippen LogP) is 4.81. The summed E-state index contributed by atoms with van der Waals surface area (Å²) in [5, 5.41) is 7.67. The summed E-state index contributed by atoms with van der Waals surface area (Å²) in [6.45, 7) is 3.36. The normalized spacial score (nSPS) is 10.3. The van der Waals surface area contributed by atoms with Crippen LogP contribution in [-0.2, 0) is 9.53 Å². The molecule has 2 aromatic carbocycles. The van der Waals surface area contributed by atoms with Crippen molar-refractivity contribution in [2.45, 2.75) is 13.8 Å². The number of carbonyl (C=O) groups excluding carboxylic acids is 3. The van der Waals surface area contributed by atoms with Gasteiger partial charge >= 0.3 is 5.97 Å². The molecular weight excluding hydrogens is 416 g/mol. The highest BCUT2D eigenvalue weighted by atomic mass is 32.1. The highest BCUT2D eigenvalue weighted by molar-refractivity contribution is 7.15. The van der Waals surface area contributed by atoms with Crippen molar-refractivity contribution in [1.29, 1.82) is 0 Å². The molecule has 1 aromatic heterocycles. The van der Waals surface area contributed by atoms with Gasteiger partial charge in [0.05, 0.1) is 13.7 Å². The minimum atomic E-state index is -0.508. The Balaban J connectivity index is 1.89. The van der Waals surface area contributed by atoms with Crippen LogP contribution >= 0.6 is 11.3 Å². The number of thiophene rings is 1. The molecule has 0 aliphatic carbocycles. The average Bonchev–Trinajstić information content (AvgIpc) is 3.17. The minimum absolute atomic E-state index is 0.194. The molecule has 0 saturated heterocycles. The number of ether oxygens (including phenoxy) is 2. The van der Waals surface area contributed by atoms with Crippen molar-refractivity contribution in [2.24, 2.45) is 0 Å². The summed E-state index contributed by atoms with van der Waals surface area (Å²) in [5.41, 5.74) is 2.76. The maximum absolute atomic E-state index is 12.7. The molecule has 0 unspecified atom stereocenters. The third-order valence-corrected chi connectivity index (χ3v) is 5.26. The van der Waals surface area contributed by atoms with Gasteiger partial charge in [-0.25, -0.2) is 4.79 Å². The molecule has 0 atom stereocenters. The van der Waals surface area contributed by atoms with Crippen LogP contribution in [0.15, 0.2) is 53.9 Å². The maximum atomic E-state index is 12.7. The van der Waals surface area contributed by atoms with E-state index in [-0.39, 0.29) is 18.4 Å². The van der Waals surface area contributed by atoms with Crippen molar-refractivity contribution < 1.29 is 23.9 Å². The van der Waals surface area contributed by atoms with Gasteiger partial charge in [0.25, 0.3) is 5.91 Å². The molecule has 3 rings (SSSR count). The molecule has 0 radical (unpaired) electrons. The van der Waals surface area contributed by atoms with Gasteiger partial charge in [0.15, 0.2) is 0 Å². The van der Waals surface area contributed by atoms with Gasteiger partial charge < -0.3 is 20.1 Å². The Labute approximate surface area is 184 Å². The van der Waals surface area contributed by atoms with Crippen LogP contribution in [0.5, 0.6) is 5.75 Å². The fourth-order valence-corrected chi connectivity index (χ4v) is 3.87. The van der Waals surface area contributed by atoms with Crippen molar-refractivity contribution in [3.63, 3.8) is 0 Å². The van der Waals surface area contributed by atoms with Crippen LogP contribution < -0.4 is 15.4 Å². The molecule has 1 heterocycles. The number of rotatable bonds is 7. The van der Waals surface area contributed by atoms with E-state index < -0.39 is 5.97 Å². The van der Waals surface area contributed by atoms with Crippen molar-refractivity contribution >= 4 is 39.8 Å². The molecule has 0 bridgehead atoms. The zero-order valence-electron chi connectivity index (χ0n) is 17.4. The van der Waals surface area contributed by atoms with E-state index in [0.29, 0.717) is 33.1 Å². The van der Waals surface area contributed by atoms with E-state index in [0.717, 1.165) is 5.56 Å². The molecule has 160 valence electrons. The molecule has 2 N–H and O–H groups in total. The van der Waals surface area contributed by atoms with E-state index in [4.69, 9.17) is 9.47 Å². The summed E-state index contributed by atoms with van der Waals surface area (Å²) in [6.07, 6.45) is 0. The zero-order chi connectivity index (χ0) is 22.4. The average molecular weight is 439 g/mol. The quantitative estimate of drug-likeness (QED) is 0.516. The number of amides is 2. The van der Waals surface area contributed by atoms with Crippen LogP contribution in [0.1, 0.15) is 34.6 Å². The van der Waals surface area contributed by atoms with E-state index in [2.05, 4.69) is 10.6 Å². The lowest BCUT2D eigenvalue weighted by molar-refractivity contribution is -0.114. The second kappa shape index (κ2) is 9.90. The van der Waals surface area contributed by atoms with E-state index in [1.165, 1.54) is 18.3 Å². The Morgan fingerprint density at radius 2 is 1.65 bits per heavy atom. The lowest BCUT2D eigenvalue weighted by Gasteiger charge is -2.10. The zero-order valence-corrected chi connectivity index (χ0v) is 18.2. The van der Waals surface area contributed by atoms with Gasteiger partial charge in [0.2, 0.25) is 5.91 Å². The smallest absolute Gasteiger partial charge is 0.341 e. The molecule has 3 aromatic rings. The summed E-state index contributed by atoms with van der Waals surface area (Å²) in [4.78, 5) is 36.6. The van der Waals surface area contributed by atoms with Crippen LogP contribution in [0.4, 0.5) is 10.7 Å². The van der Waals surface area contributed by atoms with Gasteiger partial charge in [-0.15, -0.1) is 11.3 Å². The largest absolute Gasteiger partial charge is 0.497 e. The summed E-state index contributed by atoms with van der Waals surface area (Å²) in [7, 11) is 1.58. The first-order valence-electron chi connectivity index (χ1n) is 9.55. The van der Waals surface area contributed by atoms with E-state index in [1.807, 2.05) is 17.5 Å². The van der Waals surface area contributed by atoms with Crippen molar-refractivity contribution in [3.05, 3.63) is 65.0 Å². The van der Waals surface area contributed by atoms with Gasteiger partial charge in [-0.1, -0.05) is 12.1 Å². The van der Waals surface area contributed by atoms with Crippen molar-refractivity contribution in [1.82, 2.24) is 0 Å². The molecule has 8 heteroatoms. The van der Waals surface area contributed by atoms with E-state index in [1.54, 1.807) is 50.4 Å². The molecule has 0 fully saturated rings. The number of benzene rings is 2. The lowest BCUT2D eigenvalue weighted by atomic mass is 10.0. The molecule has 0 saturated carbocycles. The first kappa shape index (κ1) is 22.0. The second-order valence-corrected chi connectivity index (χ2v) is 7.39. The third-order valence-electron chi connectivity index (χ3n) is 4.37. The Morgan fingerprint density at radius 3 is 2.23 bits per heavy atom. The highest BCUT2D eigenvalue weighted by Crippen LogP contribution is 2.37. The van der Waals surface area contributed by atoms with E-state index in [9.17, 15) is 14.4 Å². The molecule has 7 nitrogen and oxygen atoms in total. The SMILES string of the molecule is CCOC(=O)c1c(-c2ccc(OC)cc2)csc1NC(=O)c1ccc(NC(C)=O)cc1. The van der Waals surface area contributed by atoms with Gasteiger partial charge in [-0.05, 0) is 48.9 Å². The first-order chi connectivity index (χ1) is 14.9. The number of methoxy groups -OCH3 is 1. The van der Waals surface area contributed by atoms with Crippen LogP contribution in [0.25, 0.3) is 11.1 Å². The molecule has 2 amide bonds. The Hall–Kier alpha value is -3.65. The number of hydrogen-bond donors (Lipinski definition) is 2. The van der Waals surface area contributed by atoms with Crippen LogP contribution in [-0.4, -0.2) is 31.5 Å². The van der Waals surface area contributed by atoms with Crippen molar-refractivity contribution in [3.8, 4) is 16.9 Å². The first-order valence-corrected chi connectivity index (χ1v) is 10.4. The monoisotopic (exact) mass is 438 g/mol. The number of nitrogens with one attached hydrogen (secondary N) is 2. The molecule has 31 heavy (non-hydrogen) atoms. The Kier molecular flexibility index (Phi) is 7.04. The van der Waals surface area contributed by atoms with Crippen LogP contribution in [0, 0.1) is 0 Å². The lowest BCUT2D eigenvalue weighted by Crippen LogP contribution is -2.15. The molecule has 0 aliphatic rings. The second-order valence-electron chi connectivity index (χ2n) is 6.52. The summed E-state index contributed by atoms with van der Waals surface area (Å²) < 4.78 is 10.4. The summed E-state index contributed by atoms with van der Waals surface area (Å²) in [6, 6.07) is 13.8. The topological polar surface area (TPSA) is 93.7 Å². The number of anilines is 2. The highest BCUT2D eigenvalue weighted by Gasteiger charge is 2.23. The number of esters is 1. The standard InChI is InChI=1S/C23H22N2O5S/c1-4-30-23(28)20-19(15-7-11-18(29-3)12-8-15)13-31-22(20)25-21(27)16-5-9-17(10-6-16)24-14(2)26/h5-13H,4H2,1-3H3,(H,24,26)(H,25,27). The van der Waals surface area contributed by atoms with Crippen molar-refractivity contribution in [2.75, 3.05) is 24.4 Å². The van der Waals surface area contributed by atoms with Gasteiger partial charge in [0.1, 0.15) is 16.3 Å². The van der Waals surface area contributed by atoms with Gasteiger partial charge in [-0.3, -0.25) is 9.59 Å². The Bertz CT molecular complexity index is 1090. The maximum Gasteiger partial charge on any atom is 0.341 e. The van der Waals surface area contributed by atoms with Gasteiger partial charge in [-0.2, -0.15) is 0 Å². The fraction of sp³-hybridized carbons (Fsp3) is 0.174. The van der Waals surface area contributed by atoms with E-state index >= 15 is 0 Å². The molecular formula is C23H22N2O5S. The number of hydrogen-bond acceptors (Lipinski definition) is 6. The number of carbonyl (C=O) groups is 3. The minimum Gasteiger partial charge on any atom is -0.497 e. The van der Waals surface area contributed by atoms with Gasteiger partial charge in [0, 0.05) is 29.1 Å². The third kappa shape index (κ3) is 5.29. The summed E-state index contributed by atoms with van der Waals surface area (Å²) in [5.74, 6) is -0.372. The van der Waals surface area contributed by atoms with Crippen LogP contribution in [0.3, 0.4) is 0 Å².